The fourth-order valence-corrected chi connectivity index (χ4v) is 4.71. The van der Waals surface area contributed by atoms with Crippen molar-refractivity contribution in [2.75, 3.05) is 17.9 Å². The molecular formula is C19H18N2O3S. The molecule has 1 amide bonds. The van der Waals surface area contributed by atoms with E-state index in [9.17, 15) is 13.2 Å². The molecule has 6 heteroatoms. The minimum atomic E-state index is -4.02. The van der Waals surface area contributed by atoms with E-state index in [1.54, 1.807) is 24.3 Å². The quantitative estimate of drug-likeness (QED) is 0.858. The Labute approximate surface area is 147 Å². The first-order valence-electron chi connectivity index (χ1n) is 7.77. The van der Waals surface area contributed by atoms with Gasteiger partial charge in [-0.15, -0.1) is 6.58 Å². The summed E-state index contributed by atoms with van der Waals surface area (Å²) in [6, 6.07) is 16.2. The lowest BCUT2D eigenvalue weighted by Gasteiger charge is -2.32. The minimum absolute atomic E-state index is 0.0852. The number of likely N-dealkylation sites (N-methyl/N-ethyl adjacent to an activating group) is 1. The summed E-state index contributed by atoms with van der Waals surface area (Å²) in [6.45, 7) is 3.72. The van der Waals surface area contributed by atoms with Crippen molar-refractivity contribution in [1.82, 2.24) is 5.32 Å². The topological polar surface area (TPSA) is 66.5 Å². The van der Waals surface area contributed by atoms with Gasteiger partial charge in [-0.2, -0.15) is 0 Å². The maximum atomic E-state index is 13.2. The van der Waals surface area contributed by atoms with Gasteiger partial charge in [0, 0.05) is 18.2 Å². The molecule has 0 bridgehead atoms. The van der Waals surface area contributed by atoms with Gasteiger partial charge in [0.1, 0.15) is 0 Å². The molecule has 0 radical (unpaired) electrons. The number of para-hydroxylation sites is 1. The van der Waals surface area contributed by atoms with Crippen molar-refractivity contribution in [2.24, 2.45) is 0 Å². The first-order valence-corrected chi connectivity index (χ1v) is 9.21. The third-order valence-corrected chi connectivity index (χ3v) is 5.84. The summed E-state index contributed by atoms with van der Waals surface area (Å²) in [5.74, 6) is -0.637. The highest BCUT2D eigenvalue weighted by atomic mass is 32.2. The standard InChI is InChI=1S/C19H18N2O3S/c1-3-13-21-16-12-8-7-11-15(16)17(14-9-5-4-6-10-14)18(19(22)20-2)25(21,23)24/h3-12H,1,13H2,2H3,(H,20,22). The third kappa shape index (κ3) is 2.74. The molecule has 0 spiro atoms. The summed E-state index contributed by atoms with van der Waals surface area (Å²) < 4.78 is 27.6. The lowest BCUT2D eigenvalue weighted by Crippen LogP contribution is -2.40. The second kappa shape index (κ2) is 6.57. The fourth-order valence-electron chi connectivity index (χ4n) is 2.94. The number of sulfonamides is 1. The van der Waals surface area contributed by atoms with Gasteiger partial charge in [-0.3, -0.25) is 9.10 Å². The van der Waals surface area contributed by atoms with Gasteiger partial charge in [-0.1, -0.05) is 54.6 Å². The van der Waals surface area contributed by atoms with E-state index in [-0.39, 0.29) is 11.4 Å². The van der Waals surface area contributed by atoms with Crippen molar-refractivity contribution >= 4 is 27.2 Å². The fraction of sp³-hybridized carbons (Fsp3) is 0.105. The van der Waals surface area contributed by atoms with Crippen molar-refractivity contribution in [3.8, 4) is 0 Å². The zero-order valence-corrected chi connectivity index (χ0v) is 14.6. The number of carbonyl (C=O) groups is 1. The van der Waals surface area contributed by atoms with Crippen molar-refractivity contribution in [2.45, 2.75) is 0 Å². The SMILES string of the molecule is C=CCN1c2ccccc2C(c2ccccc2)=C(C(=O)NC)S1(=O)=O. The highest BCUT2D eigenvalue weighted by Gasteiger charge is 2.40. The Bertz CT molecular complexity index is 963. The van der Waals surface area contributed by atoms with E-state index in [2.05, 4.69) is 11.9 Å². The Morgan fingerprint density at radius 2 is 1.76 bits per heavy atom. The highest BCUT2D eigenvalue weighted by Crippen LogP contribution is 2.42. The largest absolute Gasteiger partial charge is 0.354 e. The second-order valence-corrected chi connectivity index (χ2v) is 7.29. The number of benzene rings is 2. The van der Waals surface area contributed by atoms with Crippen LogP contribution in [0.25, 0.3) is 5.57 Å². The number of hydrogen-bond acceptors (Lipinski definition) is 3. The molecule has 2 aromatic rings. The molecule has 0 saturated heterocycles. The van der Waals surface area contributed by atoms with Crippen molar-refractivity contribution in [3.05, 3.63) is 83.3 Å². The molecule has 0 aromatic heterocycles. The molecule has 2 aromatic carbocycles. The molecule has 3 rings (SSSR count). The molecule has 1 N–H and O–H groups in total. The van der Waals surface area contributed by atoms with Crippen LogP contribution in [0.2, 0.25) is 0 Å². The Morgan fingerprint density at radius 1 is 1.12 bits per heavy atom. The van der Waals surface area contributed by atoms with Crippen LogP contribution < -0.4 is 9.62 Å². The lowest BCUT2D eigenvalue weighted by atomic mass is 9.95. The number of rotatable bonds is 4. The smallest absolute Gasteiger partial charge is 0.270 e. The van der Waals surface area contributed by atoms with Gasteiger partial charge in [0.25, 0.3) is 15.9 Å². The third-order valence-electron chi connectivity index (χ3n) is 4.01. The van der Waals surface area contributed by atoms with Crippen molar-refractivity contribution in [3.63, 3.8) is 0 Å². The average Bonchev–Trinajstić information content (AvgIpc) is 2.63. The number of amides is 1. The molecule has 0 saturated carbocycles. The summed E-state index contributed by atoms with van der Waals surface area (Å²) in [4.78, 5) is 12.3. The normalized spacial score (nSPS) is 15.5. The number of hydrogen-bond donors (Lipinski definition) is 1. The average molecular weight is 354 g/mol. The molecule has 1 aliphatic rings. The van der Waals surface area contributed by atoms with Crippen LogP contribution in [0.15, 0.2) is 72.2 Å². The summed E-state index contributed by atoms with van der Waals surface area (Å²) >= 11 is 0. The first-order chi connectivity index (χ1) is 12.0. The zero-order chi connectivity index (χ0) is 18.0. The predicted molar refractivity (Wildman–Crippen MR) is 99.4 cm³/mol. The molecule has 1 heterocycles. The Morgan fingerprint density at radius 3 is 2.40 bits per heavy atom. The summed E-state index contributed by atoms with van der Waals surface area (Å²) in [5.41, 5.74) is 2.32. The summed E-state index contributed by atoms with van der Waals surface area (Å²) in [5, 5.41) is 2.46. The Hall–Kier alpha value is -2.86. The van der Waals surface area contributed by atoms with Gasteiger partial charge in [0.15, 0.2) is 4.91 Å². The van der Waals surface area contributed by atoms with Crippen LogP contribution in [0.5, 0.6) is 0 Å². The van der Waals surface area contributed by atoms with E-state index in [1.807, 2.05) is 30.3 Å². The molecular weight excluding hydrogens is 336 g/mol. The minimum Gasteiger partial charge on any atom is -0.354 e. The van der Waals surface area contributed by atoms with Crippen LogP contribution in [0.1, 0.15) is 11.1 Å². The molecule has 25 heavy (non-hydrogen) atoms. The van der Waals surface area contributed by atoms with Crippen LogP contribution in [0.4, 0.5) is 5.69 Å². The number of nitrogens with one attached hydrogen (secondary N) is 1. The van der Waals surface area contributed by atoms with E-state index in [0.29, 0.717) is 22.4 Å². The van der Waals surface area contributed by atoms with Gasteiger partial charge in [0.05, 0.1) is 12.2 Å². The predicted octanol–water partition coefficient (Wildman–Crippen LogP) is 2.53. The molecule has 1 aliphatic heterocycles. The summed E-state index contributed by atoms with van der Waals surface area (Å²) in [6.07, 6.45) is 1.50. The van der Waals surface area contributed by atoms with Crippen LogP contribution in [0, 0.1) is 0 Å². The van der Waals surface area contributed by atoms with Crippen LogP contribution in [0.3, 0.4) is 0 Å². The first kappa shape index (κ1) is 17.0. The van der Waals surface area contributed by atoms with Crippen LogP contribution >= 0.6 is 0 Å². The second-order valence-electron chi connectivity index (χ2n) is 5.49. The molecule has 128 valence electrons. The molecule has 0 atom stereocenters. The number of fused-ring (bicyclic) bond motifs is 1. The molecule has 0 fully saturated rings. The van der Waals surface area contributed by atoms with Gasteiger partial charge in [-0.05, 0) is 11.6 Å². The Kier molecular flexibility index (Phi) is 4.46. The van der Waals surface area contributed by atoms with Crippen LogP contribution in [-0.4, -0.2) is 27.9 Å². The van der Waals surface area contributed by atoms with E-state index in [4.69, 9.17) is 0 Å². The van der Waals surface area contributed by atoms with E-state index in [0.717, 1.165) is 0 Å². The lowest BCUT2D eigenvalue weighted by molar-refractivity contribution is -0.116. The molecule has 0 unspecified atom stereocenters. The highest BCUT2D eigenvalue weighted by molar-refractivity contribution is 7.97. The number of anilines is 1. The van der Waals surface area contributed by atoms with Crippen LogP contribution in [-0.2, 0) is 14.8 Å². The van der Waals surface area contributed by atoms with Gasteiger partial charge in [0.2, 0.25) is 0 Å². The van der Waals surface area contributed by atoms with Crippen molar-refractivity contribution in [1.29, 1.82) is 0 Å². The molecule has 5 nitrogen and oxygen atoms in total. The van der Waals surface area contributed by atoms with E-state index < -0.39 is 15.9 Å². The maximum Gasteiger partial charge on any atom is 0.270 e. The number of carbonyl (C=O) groups excluding carboxylic acids is 1. The van der Waals surface area contributed by atoms with Gasteiger partial charge < -0.3 is 5.32 Å². The maximum absolute atomic E-state index is 13.2. The number of nitrogens with zero attached hydrogens (tertiary/aromatic N) is 1. The zero-order valence-electron chi connectivity index (χ0n) is 13.8. The molecule has 0 aliphatic carbocycles. The van der Waals surface area contributed by atoms with E-state index >= 15 is 0 Å². The van der Waals surface area contributed by atoms with Gasteiger partial charge in [-0.25, -0.2) is 8.42 Å². The van der Waals surface area contributed by atoms with Gasteiger partial charge >= 0.3 is 0 Å². The monoisotopic (exact) mass is 354 g/mol. The van der Waals surface area contributed by atoms with Crippen molar-refractivity contribution < 1.29 is 13.2 Å². The summed E-state index contributed by atoms with van der Waals surface area (Å²) in [7, 11) is -2.60. The van der Waals surface area contributed by atoms with E-state index in [1.165, 1.54) is 17.4 Å². The Balaban J connectivity index is 2.44.